The maximum atomic E-state index is 11.6. The summed E-state index contributed by atoms with van der Waals surface area (Å²) < 4.78 is 1.57. The molecule has 3 aromatic rings. The standard InChI is InChI=1S/C15H17N5OS/c1-3-11-8-12-14(18-10(2)19-15(12)22-11)17-6-7-20-9-16-5-4-13(20)21/h4-5,8-9H,3,6-7H2,1-2H3,(H,17,18,19). The maximum absolute atomic E-state index is 11.6. The van der Waals surface area contributed by atoms with Crippen molar-refractivity contribution in [3.63, 3.8) is 0 Å². The maximum Gasteiger partial charge on any atom is 0.253 e. The van der Waals surface area contributed by atoms with E-state index in [1.54, 1.807) is 22.2 Å². The van der Waals surface area contributed by atoms with Crippen LogP contribution in [0.15, 0.2) is 29.5 Å². The molecule has 0 bridgehead atoms. The van der Waals surface area contributed by atoms with Gasteiger partial charge in [-0.15, -0.1) is 11.3 Å². The van der Waals surface area contributed by atoms with Crippen molar-refractivity contribution < 1.29 is 0 Å². The van der Waals surface area contributed by atoms with Gasteiger partial charge < -0.3 is 5.32 Å². The molecule has 3 heterocycles. The fourth-order valence-corrected chi connectivity index (χ4v) is 3.24. The lowest BCUT2D eigenvalue weighted by Crippen LogP contribution is -2.23. The van der Waals surface area contributed by atoms with Gasteiger partial charge in [0.05, 0.1) is 11.7 Å². The zero-order valence-corrected chi connectivity index (χ0v) is 13.4. The second-order valence-corrected chi connectivity index (χ2v) is 6.06. The Kier molecular flexibility index (Phi) is 4.15. The number of rotatable bonds is 5. The normalized spacial score (nSPS) is 11.0. The van der Waals surface area contributed by atoms with Crippen LogP contribution >= 0.6 is 11.3 Å². The zero-order chi connectivity index (χ0) is 15.5. The largest absolute Gasteiger partial charge is 0.368 e. The average Bonchev–Trinajstić information content (AvgIpc) is 2.92. The van der Waals surface area contributed by atoms with Crippen molar-refractivity contribution in [1.29, 1.82) is 0 Å². The molecule has 0 amide bonds. The van der Waals surface area contributed by atoms with Gasteiger partial charge in [-0.1, -0.05) is 6.92 Å². The van der Waals surface area contributed by atoms with Gasteiger partial charge in [0.1, 0.15) is 16.5 Å². The second kappa shape index (κ2) is 6.23. The van der Waals surface area contributed by atoms with Crippen LogP contribution in [0.1, 0.15) is 17.6 Å². The summed E-state index contributed by atoms with van der Waals surface area (Å²) in [5.74, 6) is 1.58. The van der Waals surface area contributed by atoms with E-state index in [0.29, 0.717) is 13.1 Å². The zero-order valence-electron chi connectivity index (χ0n) is 12.5. The first-order valence-electron chi connectivity index (χ1n) is 7.18. The summed E-state index contributed by atoms with van der Waals surface area (Å²) in [7, 11) is 0. The quantitative estimate of drug-likeness (QED) is 0.781. The van der Waals surface area contributed by atoms with Gasteiger partial charge >= 0.3 is 0 Å². The Hall–Kier alpha value is -2.28. The Bertz CT molecular complexity index is 855. The summed E-state index contributed by atoms with van der Waals surface area (Å²) in [6, 6.07) is 3.59. The molecule has 22 heavy (non-hydrogen) atoms. The molecule has 0 fully saturated rings. The fraction of sp³-hybridized carbons (Fsp3) is 0.333. The molecule has 0 unspecified atom stereocenters. The lowest BCUT2D eigenvalue weighted by Gasteiger charge is -2.08. The molecule has 3 aromatic heterocycles. The summed E-state index contributed by atoms with van der Waals surface area (Å²) in [5, 5.41) is 4.36. The van der Waals surface area contributed by atoms with Crippen LogP contribution in [0.3, 0.4) is 0 Å². The molecule has 0 radical (unpaired) electrons. The van der Waals surface area contributed by atoms with Crippen molar-refractivity contribution in [3.8, 4) is 0 Å². The molecule has 3 rings (SSSR count). The van der Waals surface area contributed by atoms with Crippen molar-refractivity contribution >= 4 is 27.4 Å². The van der Waals surface area contributed by atoms with Crippen molar-refractivity contribution in [3.05, 3.63) is 45.7 Å². The van der Waals surface area contributed by atoms with Gasteiger partial charge in [0.15, 0.2) is 0 Å². The van der Waals surface area contributed by atoms with E-state index in [1.165, 1.54) is 17.1 Å². The highest BCUT2D eigenvalue weighted by molar-refractivity contribution is 7.18. The molecule has 0 aromatic carbocycles. The summed E-state index contributed by atoms with van der Waals surface area (Å²) in [4.78, 5) is 26.9. The number of nitrogens with one attached hydrogen (secondary N) is 1. The predicted molar refractivity (Wildman–Crippen MR) is 88.5 cm³/mol. The highest BCUT2D eigenvalue weighted by Crippen LogP contribution is 2.29. The van der Waals surface area contributed by atoms with Crippen LogP contribution in [0, 0.1) is 6.92 Å². The second-order valence-electron chi connectivity index (χ2n) is 4.94. The molecule has 1 N–H and O–H groups in total. The van der Waals surface area contributed by atoms with Gasteiger partial charge in [0.25, 0.3) is 5.56 Å². The Morgan fingerprint density at radius 3 is 3.00 bits per heavy atom. The number of aromatic nitrogens is 4. The summed E-state index contributed by atoms with van der Waals surface area (Å²) in [6.07, 6.45) is 4.04. The van der Waals surface area contributed by atoms with Crippen molar-refractivity contribution in [2.75, 3.05) is 11.9 Å². The van der Waals surface area contributed by atoms with Crippen LogP contribution in [-0.2, 0) is 13.0 Å². The molecule has 0 aliphatic heterocycles. The minimum Gasteiger partial charge on any atom is -0.368 e. The summed E-state index contributed by atoms with van der Waals surface area (Å²) in [5.41, 5.74) is -0.0513. The van der Waals surface area contributed by atoms with Gasteiger partial charge in [-0.05, 0) is 19.4 Å². The monoisotopic (exact) mass is 315 g/mol. The van der Waals surface area contributed by atoms with E-state index in [0.717, 1.165) is 28.3 Å². The lowest BCUT2D eigenvalue weighted by molar-refractivity contribution is 0.679. The van der Waals surface area contributed by atoms with E-state index < -0.39 is 0 Å². The van der Waals surface area contributed by atoms with E-state index in [4.69, 9.17) is 0 Å². The van der Waals surface area contributed by atoms with E-state index in [2.05, 4.69) is 33.3 Å². The number of hydrogen-bond acceptors (Lipinski definition) is 6. The number of fused-ring (bicyclic) bond motifs is 1. The number of nitrogens with zero attached hydrogens (tertiary/aromatic N) is 4. The molecule has 0 spiro atoms. The van der Waals surface area contributed by atoms with Crippen molar-refractivity contribution in [2.45, 2.75) is 26.8 Å². The highest BCUT2D eigenvalue weighted by atomic mass is 32.1. The topological polar surface area (TPSA) is 72.7 Å². The molecular weight excluding hydrogens is 298 g/mol. The van der Waals surface area contributed by atoms with Crippen LogP contribution < -0.4 is 10.9 Å². The van der Waals surface area contributed by atoms with Crippen LogP contribution in [-0.4, -0.2) is 26.1 Å². The van der Waals surface area contributed by atoms with Crippen LogP contribution in [0.2, 0.25) is 0 Å². The van der Waals surface area contributed by atoms with E-state index in [-0.39, 0.29) is 5.56 Å². The first-order chi connectivity index (χ1) is 10.7. The van der Waals surface area contributed by atoms with Gasteiger partial charge in [-0.2, -0.15) is 0 Å². The van der Waals surface area contributed by atoms with Crippen molar-refractivity contribution in [1.82, 2.24) is 19.5 Å². The van der Waals surface area contributed by atoms with E-state index in [1.807, 2.05) is 6.92 Å². The van der Waals surface area contributed by atoms with E-state index in [9.17, 15) is 4.79 Å². The molecule has 0 atom stereocenters. The number of aryl methyl sites for hydroxylation is 2. The van der Waals surface area contributed by atoms with Crippen LogP contribution in [0.4, 0.5) is 5.82 Å². The Morgan fingerprint density at radius 1 is 1.36 bits per heavy atom. The van der Waals surface area contributed by atoms with Gasteiger partial charge in [-0.25, -0.2) is 15.0 Å². The minimum absolute atomic E-state index is 0.0513. The van der Waals surface area contributed by atoms with Crippen LogP contribution in [0.25, 0.3) is 10.2 Å². The third kappa shape index (κ3) is 2.99. The third-order valence-electron chi connectivity index (χ3n) is 3.34. The molecular formula is C15H17N5OS. The first kappa shape index (κ1) is 14.6. The molecule has 6 nitrogen and oxygen atoms in total. The van der Waals surface area contributed by atoms with Crippen LogP contribution in [0.5, 0.6) is 0 Å². The van der Waals surface area contributed by atoms with Gasteiger partial charge in [0, 0.05) is 30.2 Å². The first-order valence-corrected chi connectivity index (χ1v) is 8.00. The van der Waals surface area contributed by atoms with E-state index >= 15 is 0 Å². The Labute approximate surface area is 131 Å². The molecule has 0 aliphatic rings. The third-order valence-corrected chi connectivity index (χ3v) is 4.51. The molecule has 0 aliphatic carbocycles. The number of thiophene rings is 1. The number of hydrogen-bond donors (Lipinski definition) is 1. The molecule has 0 saturated carbocycles. The highest BCUT2D eigenvalue weighted by Gasteiger charge is 2.09. The fourth-order valence-electron chi connectivity index (χ4n) is 2.23. The summed E-state index contributed by atoms with van der Waals surface area (Å²) >= 11 is 1.70. The summed E-state index contributed by atoms with van der Waals surface area (Å²) in [6.45, 7) is 5.17. The SMILES string of the molecule is CCc1cc2c(NCCn3cnccc3=O)nc(C)nc2s1. The molecule has 0 saturated heterocycles. The molecule has 7 heteroatoms. The average molecular weight is 315 g/mol. The van der Waals surface area contributed by atoms with Crippen molar-refractivity contribution in [2.24, 2.45) is 0 Å². The van der Waals surface area contributed by atoms with Gasteiger partial charge in [0.2, 0.25) is 0 Å². The Balaban J connectivity index is 1.80. The Morgan fingerprint density at radius 2 is 2.23 bits per heavy atom. The smallest absolute Gasteiger partial charge is 0.253 e. The minimum atomic E-state index is -0.0513. The number of anilines is 1. The molecule has 114 valence electrons. The predicted octanol–water partition coefficient (Wildman–Crippen LogP) is 2.23. The lowest BCUT2D eigenvalue weighted by atomic mass is 10.3. The van der Waals surface area contributed by atoms with Gasteiger partial charge in [-0.3, -0.25) is 9.36 Å².